The number of carboxylic acid groups (broad SMARTS) is 1. The van der Waals surface area contributed by atoms with Crippen molar-refractivity contribution in [1.82, 2.24) is 0 Å². The first-order chi connectivity index (χ1) is 14.1. The summed E-state index contributed by atoms with van der Waals surface area (Å²) in [5, 5.41) is 19.4. The third-order valence-electron chi connectivity index (χ3n) is 6.33. The second-order valence-electron chi connectivity index (χ2n) is 9.71. The summed E-state index contributed by atoms with van der Waals surface area (Å²) in [5.74, 6) is -2.62. The summed E-state index contributed by atoms with van der Waals surface area (Å²) in [6.45, 7) is 8.95. The van der Waals surface area contributed by atoms with Gasteiger partial charge < -0.3 is 14.9 Å². The van der Waals surface area contributed by atoms with Crippen LogP contribution in [0.5, 0.6) is 0 Å². The van der Waals surface area contributed by atoms with Gasteiger partial charge in [0, 0.05) is 18.8 Å². The van der Waals surface area contributed by atoms with Crippen molar-refractivity contribution >= 4 is 11.8 Å². The Hall–Kier alpha value is -1.20. The van der Waals surface area contributed by atoms with E-state index in [1.165, 1.54) is 19.3 Å². The maximum Gasteiger partial charge on any atom is 0.364 e. The Balaban J connectivity index is 2.43. The Bertz CT molecular complexity index is 554. The number of aliphatic hydroxyl groups is 1. The fraction of sp³-hybridized carbons (Fsp3) is 0.840. The summed E-state index contributed by atoms with van der Waals surface area (Å²) < 4.78 is 5.14. The number of carbonyl (C=O) groups excluding carboxylic acids is 1. The molecule has 0 radical (unpaired) electrons. The number of unbranched alkanes of at least 4 members (excludes halogenated alkanes) is 3. The zero-order valence-corrected chi connectivity index (χ0v) is 19.6. The molecule has 0 aromatic rings. The number of ether oxygens (including phenoxy) is 1. The molecule has 0 amide bonds. The molecule has 1 fully saturated rings. The van der Waals surface area contributed by atoms with Crippen LogP contribution in [-0.4, -0.2) is 34.4 Å². The molecule has 2 N–H and O–H groups in total. The van der Waals surface area contributed by atoms with Crippen LogP contribution in [0, 0.1) is 17.3 Å². The molecule has 1 aliphatic rings. The van der Waals surface area contributed by atoms with Gasteiger partial charge in [0.05, 0.1) is 6.61 Å². The number of Topliss-reactive ketones (excluding diaryl/α,β-unsaturated/α-hetero) is 1. The largest absolute Gasteiger partial charge is 0.477 e. The molecule has 0 saturated heterocycles. The minimum Gasteiger partial charge on any atom is -0.477 e. The van der Waals surface area contributed by atoms with Crippen LogP contribution in [0.1, 0.15) is 105 Å². The molecule has 0 aliphatic heterocycles. The maximum absolute atomic E-state index is 12.3. The molecule has 0 aromatic heterocycles. The number of allylic oxidation sites excluding steroid dienone is 2. The van der Waals surface area contributed by atoms with Crippen LogP contribution in [0.15, 0.2) is 12.2 Å². The number of carboxylic acids is 1. The number of hydrogen-bond acceptors (Lipinski definition) is 4. The van der Waals surface area contributed by atoms with Gasteiger partial charge in [-0.2, -0.15) is 0 Å². The van der Waals surface area contributed by atoms with E-state index in [1.54, 1.807) is 0 Å². The van der Waals surface area contributed by atoms with Crippen LogP contribution in [0.25, 0.3) is 0 Å². The molecule has 1 aliphatic carbocycles. The Morgan fingerprint density at radius 1 is 1.13 bits per heavy atom. The van der Waals surface area contributed by atoms with Gasteiger partial charge in [0.15, 0.2) is 0 Å². The van der Waals surface area contributed by atoms with Gasteiger partial charge in [-0.05, 0) is 49.9 Å². The van der Waals surface area contributed by atoms with Gasteiger partial charge in [-0.25, -0.2) is 4.79 Å². The highest BCUT2D eigenvalue weighted by Gasteiger charge is 2.36. The summed E-state index contributed by atoms with van der Waals surface area (Å²) in [6, 6.07) is 0. The van der Waals surface area contributed by atoms with Crippen molar-refractivity contribution in [3.63, 3.8) is 0 Å². The third kappa shape index (κ3) is 9.30. The molecule has 174 valence electrons. The van der Waals surface area contributed by atoms with Gasteiger partial charge in [-0.1, -0.05) is 65.5 Å². The van der Waals surface area contributed by atoms with Crippen LogP contribution in [0.3, 0.4) is 0 Å². The van der Waals surface area contributed by atoms with Gasteiger partial charge >= 0.3 is 5.97 Å². The minimum absolute atomic E-state index is 0.0805. The molecule has 5 nitrogen and oxygen atoms in total. The summed E-state index contributed by atoms with van der Waals surface area (Å²) in [7, 11) is 0. The molecular weight excluding hydrogens is 380 g/mol. The SMILES string of the molecule is CCCCC(C)(C)CC=C[C@H]1CCC(=O)[C@@H]1CCCCCC(O)(OCCC)C(=O)O. The van der Waals surface area contributed by atoms with E-state index in [4.69, 9.17) is 4.74 Å². The van der Waals surface area contributed by atoms with E-state index in [1.807, 2.05) is 6.92 Å². The van der Waals surface area contributed by atoms with E-state index >= 15 is 0 Å². The van der Waals surface area contributed by atoms with E-state index in [-0.39, 0.29) is 18.9 Å². The summed E-state index contributed by atoms with van der Waals surface area (Å²) >= 11 is 0. The first kappa shape index (κ1) is 26.8. The average Bonchev–Trinajstić information content (AvgIpc) is 3.04. The van der Waals surface area contributed by atoms with Crippen molar-refractivity contribution in [2.24, 2.45) is 17.3 Å². The first-order valence-corrected chi connectivity index (χ1v) is 11.9. The zero-order chi connectivity index (χ0) is 22.6. The van der Waals surface area contributed by atoms with E-state index in [0.717, 1.165) is 32.1 Å². The lowest BCUT2D eigenvalue weighted by Gasteiger charge is -2.23. The molecule has 30 heavy (non-hydrogen) atoms. The van der Waals surface area contributed by atoms with Gasteiger partial charge in [0.1, 0.15) is 5.78 Å². The number of carbonyl (C=O) groups is 2. The summed E-state index contributed by atoms with van der Waals surface area (Å²) in [6.07, 6.45) is 14.7. The number of aliphatic carboxylic acids is 1. The highest BCUT2D eigenvalue weighted by molar-refractivity contribution is 5.83. The molecule has 3 atom stereocenters. The van der Waals surface area contributed by atoms with Gasteiger partial charge in [-0.3, -0.25) is 4.79 Å². The quantitative estimate of drug-likeness (QED) is 0.183. The molecule has 0 spiro atoms. The third-order valence-corrected chi connectivity index (χ3v) is 6.33. The molecule has 1 unspecified atom stereocenters. The first-order valence-electron chi connectivity index (χ1n) is 11.9. The molecule has 0 aromatic carbocycles. The molecule has 1 rings (SSSR count). The number of rotatable bonds is 16. The molecule has 0 bridgehead atoms. The zero-order valence-electron chi connectivity index (χ0n) is 19.6. The standard InChI is InChI=1S/C25H44O5/c1-5-7-16-24(3,4)17-11-12-20-14-15-22(26)21(20)13-9-8-10-18-25(29,23(27)28)30-19-6-2/h11-12,20-21,29H,5-10,13-19H2,1-4H3,(H,27,28)/t20-,21+,25?/m0/s1. The summed E-state index contributed by atoms with van der Waals surface area (Å²) in [4.78, 5) is 23.6. The van der Waals surface area contributed by atoms with Crippen LogP contribution >= 0.6 is 0 Å². The molecular formula is C25H44O5. The Kier molecular flexibility index (Phi) is 11.9. The molecule has 1 saturated carbocycles. The van der Waals surface area contributed by atoms with Crippen LogP contribution in [0.2, 0.25) is 0 Å². The van der Waals surface area contributed by atoms with Crippen molar-refractivity contribution in [3.05, 3.63) is 12.2 Å². The number of hydrogen-bond donors (Lipinski definition) is 2. The fourth-order valence-corrected chi connectivity index (χ4v) is 4.28. The van der Waals surface area contributed by atoms with Crippen LogP contribution in [0.4, 0.5) is 0 Å². The van der Waals surface area contributed by atoms with Crippen LogP contribution < -0.4 is 0 Å². The van der Waals surface area contributed by atoms with Gasteiger partial charge in [-0.15, -0.1) is 0 Å². The van der Waals surface area contributed by atoms with Gasteiger partial charge in [0.2, 0.25) is 0 Å². The van der Waals surface area contributed by atoms with E-state index < -0.39 is 11.8 Å². The lowest BCUT2D eigenvalue weighted by molar-refractivity contribution is -0.226. The molecule has 0 heterocycles. The van der Waals surface area contributed by atoms with E-state index in [2.05, 4.69) is 32.9 Å². The highest BCUT2D eigenvalue weighted by atomic mass is 16.6. The highest BCUT2D eigenvalue weighted by Crippen LogP contribution is 2.35. The van der Waals surface area contributed by atoms with Crippen molar-refractivity contribution in [2.45, 2.75) is 111 Å². The average molecular weight is 425 g/mol. The van der Waals surface area contributed by atoms with Crippen molar-refractivity contribution < 1.29 is 24.5 Å². The van der Waals surface area contributed by atoms with Crippen molar-refractivity contribution in [1.29, 1.82) is 0 Å². The second-order valence-corrected chi connectivity index (χ2v) is 9.71. The minimum atomic E-state index is -2.09. The monoisotopic (exact) mass is 424 g/mol. The summed E-state index contributed by atoms with van der Waals surface area (Å²) in [5.41, 5.74) is 0.311. The second kappa shape index (κ2) is 13.3. The smallest absolute Gasteiger partial charge is 0.364 e. The lowest BCUT2D eigenvalue weighted by atomic mass is 9.83. The lowest BCUT2D eigenvalue weighted by Crippen LogP contribution is -2.41. The normalized spacial score (nSPS) is 22.0. The number of ketones is 1. The van der Waals surface area contributed by atoms with Crippen molar-refractivity contribution in [2.75, 3.05) is 6.61 Å². The Morgan fingerprint density at radius 2 is 1.87 bits per heavy atom. The molecule has 5 heteroatoms. The Morgan fingerprint density at radius 3 is 2.50 bits per heavy atom. The predicted molar refractivity (Wildman–Crippen MR) is 120 cm³/mol. The van der Waals surface area contributed by atoms with E-state index in [9.17, 15) is 19.8 Å². The predicted octanol–water partition coefficient (Wildman–Crippen LogP) is 5.89. The Labute approximate surface area is 183 Å². The van der Waals surface area contributed by atoms with Crippen LogP contribution in [-0.2, 0) is 14.3 Å². The fourth-order valence-electron chi connectivity index (χ4n) is 4.28. The van der Waals surface area contributed by atoms with E-state index in [0.29, 0.717) is 36.4 Å². The topological polar surface area (TPSA) is 83.8 Å². The van der Waals surface area contributed by atoms with Crippen molar-refractivity contribution in [3.8, 4) is 0 Å². The maximum atomic E-state index is 12.3. The van der Waals surface area contributed by atoms with Gasteiger partial charge in [0.25, 0.3) is 5.79 Å².